The average Bonchev–Trinajstić information content (AvgIpc) is 2.42. The summed E-state index contributed by atoms with van der Waals surface area (Å²) < 4.78 is 0. The van der Waals surface area contributed by atoms with Gasteiger partial charge in [-0.3, -0.25) is 0 Å². The van der Waals surface area contributed by atoms with Crippen LogP contribution >= 0.6 is 11.8 Å². The zero-order valence-electron chi connectivity index (χ0n) is 14.2. The number of rotatable bonds is 4. The first-order valence-electron chi connectivity index (χ1n) is 8.80. The first-order chi connectivity index (χ1) is 10.4. The summed E-state index contributed by atoms with van der Waals surface area (Å²) in [5, 5.41) is 4.02. The molecule has 4 saturated carbocycles. The molecule has 2 atom stereocenters. The highest BCUT2D eigenvalue weighted by Crippen LogP contribution is 2.66. The number of benzene rings is 1. The molecule has 0 amide bonds. The molecular formula is C20H29NS. The molecule has 4 aliphatic carbocycles. The Bertz CT molecular complexity index is 546. The highest BCUT2D eigenvalue weighted by Gasteiger charge is 2.59. The number of hydrogen-bond acceptors (Lipinski definition) is 2. The van der Waals surface area contributed by atoms with Crippen molar-refractivity contribution in [2.24, 2.45) is 16.7 Å². The van der Waals surface area contributed by atoms with Crippen molar-refractivity contribution in [2.75, 3.05) is 6.26 Å². The van der Waals surface area contributed by atoms with Crippen LogP contribution in [0.4, 0.5) is 0 Å². The largest absolute Gasteiger partial charge is 0.307 e. The Kier molecular flexibility index (Phi) is 3.44. The predicted octanol–water partition coefficient (Wildman–Crippen LogP) is 5.25. The topological polar surface area (TPSA) is 12.0 Å². The highest BCUT2D eigenvalue weighted by molar-refractivity contribution is 7.98. The number of thioether (sulfide) groups is 1. The first-order valence-corrected chi connectivity index (χ1v) is 10.0. The highest BCUT2D eigenvalue weighted by atomic mass is 32.2. The van der Waals surface area contributed by atoms with Crippen LogP contribution in [-0.2, 0) is 6.54 Å². The van der Waals surface area contributed by atoms with E-state index in [0.717, 1.165) is 12.5 Å². The minimum absolute atomic E-state index is 0.418. The van der Waals surface area contributed by atoms with Crippen molar-refractivity contribution in [1.29, 1.82) is 0 Å². The maximum atomic E-state index is 4.02. The second kappa shape index (κ2) is 5.01. The zero-order chi connectivity index (χ0) is 15.4. The fourth-order valence-corrected chi connectivity index (χ4v) is 7.09. The lowest BCUT2D eigenvalue weighted by molar-refractivity contribution is -0.118. The van der Waals surface area contributed by atoms with Gasteiger partial charge < -0.3 is 5.32 Å². The lowest BCUT2D eigenvalue weighted by Gasteiger charge is -2.65. The first kappa shape index (κ1) is 15.1. The van der Waals surface area contributed by atoms with Crippen LogP contribution in [0.15, 0.2) is 29.2 Å². The monoisotopic (exact) mass is 315 g/mol. The van der Waals surface area contributed by atoms with Gasteiger partial charge in [-0.15, -0.1) is 11.8 Å². The second-order valence-corrected chi connectivity index (χ2v) is 9.99. The molecule has 22 heavy (non-hydrogen) atoms. The van der Waals surface area contributed by atoms with Crippen LogP contribution in [0.3, 0.4) is 0 Å². The van der Waals surface area contributed by atoms with E-state index >= 15 is 0 Å². The minimum atomic E-state index is 0.418. The molecular weight excluding hydrogens is 286 g/mol. The molecule has 1 nitrogen and oxygen atoms in total. The summed E-state index contributed by atoms with van der Waals surface area (Å²) in [6, 6.07) is 9.10. The second-order valence-electron chi connectivity index (χ2n) is 9.11. The van der Waals surface area contributed by atoms with Gasteiger partial charge in [0.05, 0.1) is 0 Å². The molecule has 1 N–H and O–H groups in total. The van der Waals surface area contributed by atoms with E-state index in [1.54, 1.807) is 0 Å². The molecule has 4 fully saturated rings. The van der Waals surface area contributed by atoms with E-state index < -0.39 is 0 Å². The lowest BCUT2D eigenvalue weighted by Crippen LogP contribution is -2.63. The van der Waals surface area contributed by atoms with Crippen LogP contribution in [0.25, 0.3) is 0 Å². The number of hydrogen-bond donors (Lipinski definition) is 1. The fraction of sp³-hybridized carbons (Fsp3) is 0.700. The van der Waals surface area contributed by atoms with Crippen molar-refractivity contribution < 1.29 is 0 Å². The van der Waals surface area contributed by atoms with Crippen molar-refractivity contribution >= 4 is 11.8 Å². The van der Waals surface area contributed by atoms with Crippen LogP contribution in [0.1, 0.15) is 57.9 Å². The van der Waals surface area contributed by atoms with Gasteiger partial charge in [-0.1, -0.05) is 26.0 Å². The third kappa shape index (κ3) is 2.63. The molecule has 0 aromatic heterocycles. The summed E-state index contributed by atoms with van der Waals surface area (Å²) >= 11 is 1.82. The van der Waals surface area contributed by atoms with Gasteiger partial charge in [-0.2, -0.15) is 0 Å². The van der Waals surface area contributed by atoms with Gasteiger partial charge in [-0.05, 0) is 79.2 Å². The Morgan fingerprint density at radius 3 is 2.18 bits per heavy atom. The maximum Gasteiger partial charge on any atom is 0.0210 e. The minimum Gasteiger partial charge on any atom is -0.307 e. The van der Waals surface area contributed by atoms with Gasteiger partial charge in [0.15, 0.2) is 0 Å². The zero-order valence-corrected chi connectivity index (χ0v) is 15.1. The Morgan fingerprint density at radius 1 is 1.00 bits per heavy atom. The molecule has 0 radical (unpaired) electrons. The van der Waals surface area contributed by atoms with Gasteiger partial charge in [0, 0.05) is 17.0 Å². The molecule has 4 bridgehead atoms. The normalized spacial score (nSPS) is 42.8. The van der Waals surface area contributed by atoms with E-state index in [1.807, 2.05) is 11.8 Å². The van der Waals surface area contributed by atoms with Gasteiger partial charge in [0.25, 0.3) is 0 Å². The summed E-state index contributed by atoms with van der Waals surface area (Å²) in [4.78, 5) is 1.36. The standard InChI is InChI=1S/C20H29NS/c1-18-8-16-9-19(2,12-18)14-20(10-16,13-18)21-11-15-4-6-17(22-3)7-5-15/h4-7,16,21H,8-14H2,1-3H3. The lowest BCUT2D eigenvalue weighted by atomic mass is 9.43. The van der Waals surface area contributed by atoms with Gasteiger partial charge in [0.2, 0.25) is 0 Å². The van der Waals surface area contributed by atoms with E-state index in [2.05, 4.69) is 49.7 Å². The molecule has 4 aliphatic rings. The van der Waals surface area contributed by atoms with Crippen molar-refractivity contribution in [3.63, 3.8) is 0 Å². The molecule has 5 rings (SSSR count). The van der Waals surface area contributed by atoms with Gasteiger partial charge in [0.1, 0.15) is 0 Å². The quantitative estimate of drug-likeness (QED) is 0.762. The predicted molar refractivity (Wildman–Crippen MR) is 95.2 cm³/mol. The molecule has 0 heterocycles. The van der Waals surface area contributed by atoms with E-state index in [9.17, 15) is 0 Å². The van der Waals surface area contributed by atoms with Crippen molar-refractivity contribution in [3.05, 3.63) is 29.8 Å². The summed E-state index contributed by atoms with van der Waals surface area (Å²) in [5.74, 6) is 0.970. The van der Waals surface area contributed by atoms with Crippen LogP contribution in [0, 0.1) is 16.7 Å². The molecule has 0 spiro atoms. The molecule has 1 aromatic carbocycles. The van der Waals surface area contributed by atoms with Gasteiger partial charge >= 0.3 is 0 Å². The Hall–Kier alpha value is -0.470. The van der Waals surface area contributed by atoms with Crippen molar-refractivity contribution in [2.45, 2.75) is 69.4 Å². The Labute approximate surface area is 139 Å². The van der Waals surface area contributed by atoms with Crippen molar-refractivity contribution in [3.8, 4) is 0 Å². The van der Waals surface area contributed by atoms with Crippen LogP contribution in [0.5, 0.6) is 0 Å². The van der Waals surface area contributed by atoms with E-state index in [1.165, 1.54) is 49.0 Å². The Morgan fingerprint density at radius 2 is 1.64 bits per heavy atom. The summed E-state index contributed by atoms with van der Waals surface area (Å²) in [6.07, 6.45) is 10.8. The third-order valence-corrected chi connectivity index (χ3v) is 7.20. The van der Waals surface area contributed by atoms with Crippen LogP contribution < -0.4 is 5.32 Å². The van der Waals surface area contributed by atoms with Crippen LogP contribution in [0.2, 0.25) is 0 Å². The molecule has 2 heteroatoms. The maximum absolute atomic E-state index is 4.02. The third-order valence-electron chi connectivity index (χ3n) is 6.45. The summed E-state index contributed by atoms with van der Waals surface area (Å²) in [6.45, 7) is 6.15. The van der Waals surface area contributed by atoms with E-state index in [0.29, 0.717) is 16.4 Å². The van der Waals surface area contributed by atoms with Crippen molar-refractivity contribution in [1.82, 2.24) is 5.32 Å². The summed E-state index contributed by atoms with van der Waals surface area (Å²) in [5.41, 5.74) is 3.05. The smallest absolute Gasteiger partial charge is 0.0210 e. The molecule has 0 aliphatic heterocycles. The van der Waals surface area contributed by atoms with Crippen LogP contribution in [-0.4, -0.2) is 11.8 Å². The average molecular weight is 316 g/mol. The molecule has 1 aromatic rings. The SMILES string of the molecule is CSc1ccc(CNC23CC4CC(C)(CC(C)(C4)C2)C3)cc1. The molecule has 2 unspecified atom stereocenters. The molecule has 120 valence electrons. The van der Waals surface area contributed by atoms with E-state index in [-0.39, 0.29) is 0 Å². The summed E-state index contributed by atoms with van der Waals surface area (Å²) in [7, 11) is 0. The fourth-order valence-electron chi connectivity index (χ4n) is 6.68. The van der Waals surface area contributed by atoms with Gasteiger partial charge in [-0.25, -0.2) is 0 Å². The number of nitrogens with one attached hydrogen (secondary N) is 1. The Balaban J connectivity index is 1.50. The molecule has 0 saturated heterocycles. The van der Waals surface area contributed by atoms with E-state index in [4.69, 9.17) is 0 Å².